The minimum absolute atomic E-state index is 0.0542. The van der Waals surface area contributed by atoms with Crippen molar-refractivity contribution in [2.45, 2.75) is 13.8 Å². The zero-order valence-electron chi connectivity index (χ0n) is 10.6. The lowest BCUT2D eigenvalue weighted by atomic mass is 10.1. The molecule has 2 aromatic rings. The number of pyridine rings is 1. The third-order valence-corrected chi connectivity index (χ3v) is 3.03. The second-order valence-electron chi connectivity index (χ2n) is 4.31. The summed E-state index contributed by atoms with van der Waals surface area (Å²) in [6, 6.07) is 6.74. The zero-order chi connectivity index (χ0) is 14.0. The average Bonchev–Trinajstić information content (AvgIpc) is 2.34. The molecule has 4 nitrogen and oxygen atoms in total. The van der Waals surface area contributed by atoms with Crippen LogP contribution < -0.4 is 10.9 Å². The first-order chi connectivity index (χ1) is 8.99. The number of hydrogen-bond donors (Lipinski definition) is 2. The molecule has 98 valence electrons. The van der Waals surface area contributed by atoms with Gasteiger partial charge >= 0.3 is 0 Å². The Hall–Kier alpha value is -2.07. The highest BCUT2D eigenvalue weighted by Crippen LogP contribution is 2.27. The number of benzene rings is 1. The van der Waals surface area contributed by atoms with Crippen LogP contribution in [-0.2, 0) is 0 Å². The number of anilines is 1. The lowest BCUT2D eigenvalue weighted by Gasteiger charge is -2.11. The van der Waals surface area contributed by atoms with Gasteiger partial charge in [-0.05, 0) is 43.2 Å². The van der Waals surface area contributed by atoms with E-state index in [4.69, 9.17) is 11.6 Å². The van der Waals surface area contributed by atoms with Crippen LogP contribution in [0.4, 0.5) is 5.69 Å². The number of nitrogens with one attached hydrogen (secondary N) is 2. The Kier molecular flexibility index (Phi) is 3.71. The normalized spacial score (nSPS) is 10.3. The summed E-state index contributed by atoms with van der Waals surface area (Å²) in [4.78, 5) is 26.0. The lowest BCUT2D eigenvalue weighted by Crippen LogP contribution is -2.23. The predicted molar refractivity (Wildman–Crippen MR) is 75.9 cm³/mol. The molecule has 0 spiro atoms. The van der Waals surface area contributed by atoms with Gasteiger partial charge < -0.3 is 10.3 Å². The summed E-state index contributed by atoms with van der Waals surface area (Å²) < 4.78 is 0. The van der Waals surface area contributed by atoms with E-state index in [1.165, 1.54) is 12.3 Å². The van der Waals surface area contributed by atoms with Crippen molar-refractivity contribution in [3.8, 4) is 0 Å². The van der Waals surface area contributed by atoms with Crippen LogP contribution in [0.2, 0.25) is 5.02 Å². The van der Waals surface area contributed by atoms with Crippen molar-refractivity contribution in [2.75, 3.05) is 5.32 Å². The lowest BCUT2D eigenvalue weighted by molar-refractivity contribution is 0.102. The van der Waals surface area contributed by atoms with Crippen LogP contribution in [0.5, 0.6) is 0 Å². The molecule has 1 amide bonds. The Morgan fingerprint density at radius 3 is 2.68 bits per heavy atom. The highest BCUT2D eigenvalue weighted by Gasteiger charge is 2.13. The molecule has 0 aliphatic heterocycles. The van der Waals surface area contributed by atoms with Crippen molar-refractivity contribution in [1.82, 2.24) is 4.98 Å². The van der Waals surface area contributed by atoms with E-state index in [0.29, 0.717) is 10.7 Å². The van der Waals surface area contributed by atoms with Crippen molar-refractivity contribution < 1.29 is 4.79 Å². The quantitative estimate of drug-likeness (QED) is 0.886. The molecule has 0 saturated carbocycles. The first kappa shape index (κ1) is 13.4. The summed E-state index contributed by atoms with van der Waals surface area (Å²) in [5.74, 6) is -0.476. The van der Waals surface area contributed by atoms with Crippen molar-refractivity contribution >= 4 is 23.2 Å². The van der Waals surface area contributed by atoms with Gasteiger partial charge in [0.25, 0.3) is 11.5 Å². The number of aromatic nitrogens is 1. The summed E-state index contributed by atoms with van der Waals surface area (Å²) in [5.41, 5.74) is 2.02. The van der Waals surface area contributed by atoms with Gasteiger partial charge in [-0.2, -0.15) is 0 Å². The number of hydrogen-bond acceptors (Lipinski definition) is 2. The molecule has 19 heavy (non-hydrogen) atoms. The Bertz CT molecular complexity index is 669. The molecule has 1 aromatic carbocycles. The van der Waals surface area contributed by atoms with E-state index in [1.807, 2.05) is 19.9 Å². The van der Waals surface area contributed by atoms with Crippen LogP contribution >= 0.6 is 11.6 Å². The largest absolute Gasteiger partial charge is 0.328 e. The number of aryl methyl sites for hydroxylation is 2. The second-order valence-corrected chi connectivity index (χ2v) is 4.71. The van der Waals surface area contributed by atoms with Gasteiger partial charge in [0, 0.05) is 6.20 Å². The SMILES string of the molecule is Cc1cc(C)c(NC(=O)c2ccc[nH]c2=O)c(Cl)c1. The standard InChI is InChI=1S/C14H13ClN2O2/c1-8-6-9(2)12(11(15)7-8)17-14(19)10-4-3-5-16-13(10)18/h3-7H,1-2H3,(H,16,18)(H,17,19). The number of H-pyrrole nitrogens is 1. The van der Waals surface area contributed by atoms with Crippen molar-refractivity contribution in [3.05, 3.63) is 62.5 Å². The van der Waals surface area contributed by atoms with Crippen molar-refractivity contribution in [3.63, 3.8) is 0 Å². The number of carbonyl (C=O) groups is 1. The number of aromatic amines is 1. The molecule has 0 fully saturated rings. The maximum absolute atomic E-state index is 12.0. The van der Waals surface area contributed by atoms with Crippen LogP contribution in [0.15, 0.2) is 35.3 Å². The van der Waals surface area contributed by atoms with Crippen LogP contribution in [0, 0.1) is 13.8 Å². The molecule has 2 N–H and O–H groups in total. The van der Waals surface area contributed by atoms with Crippen molar-refractivity contribution in [2.24, 2.45) is 0 Å². The Morgan fingerprint density at radius 1 is 1.32 bits per heavy atom. The number of rotatable bonds is 2. The van der Waals surface area contributed by atoms with Crippen LogP contribution in [-0.4, -0.2) is 10.9 Å². The number of halogens is 1. The molecule has 0 radical (unpaired) electrons. The maximum Gasteiger partial charge on any atom is 0.261 e. The molecule has 0 aliphatic rings. The third kappa shape index (κ3) is 2.85. The molecule has 1 heterocycles. The maximum atomic E-state index is 12.0. The third-order valence-electron chi connectivity index (χ3n) is 2.73. The summed E-state index contributed by atoms with van der Waals surface area (Å²) in [6.45, 7) is 3.77. The van der Waals surface area contributed by atoms with Crippen LogP contribution in [0.1, 0.15) is 21.5 Å². The average molecular weight is 277 g/mol. The summed E-state index contributed by atoms with van der Waals surface area (Å²) in [7, 11) is 0. The Balaban J connectivity index is 2.35. The smallest absolute Gasteiger partial charge is 0.261 e. The van der Waals surface area contributed by atoms with Crippen molar-refractivity contribution in [1.29, 1.82) is 0 Å². The fourth-order valence-corrected chi connectivity index (χ4v) is 2.22. The monoisotopic (exact) mass is 276 g/mol. The fourth-order valence-electron chi connectivity index (χ4n) is 1.86. The molecule has 0 saturated heterocycles. The molecule has 0 atom stereocenters. The topological polar surface area (TPSA) is 62.0 Å². The summed E-state index contributed by atoms with van der Waals surface area (Å²) >= 11 is 6.11. The van der Waals surface area contributed by atoms with E-state index in [-0.39, 0.29) is 5.56 Å². The Labute approximate surface area is 115 Å². The minimum atomic E-state index is -0.476. The highest BCUT2D eigenvalue weighted by atomic mass is 35.5. The molecular weight excluding hydrogens is 264 g/mol. The molecule has 1 aromatic heterocycles. The van der Waals surface area contributed by atoms with E-state index in [0.717, 1.165) is 11.1 Å². The number of amides is 1. The first-order valence-corrected chi connectivity index (χ1v) is 6.12. The summed E-state index contributed by atoms with van der Waals surface area (Å²) in [5, 5.41) is 3.13. The first-order valence-electron chi connectivity index (χ1n) is 5.75. The molecule has 0 unspecified atom stereocenters. The highest BCUT2D eigenvalue weighted by molar-refractivity contribution is 6.34. The van der Waals surface area contributed by atoms with Gasteiger partial charge in [-0.3, -0.25) is 9.59 Å². The fraction of sp³-hybridized carbons (Fsp3) is 0.143. The van der Waals surface area contributed by atoms with Gasteiger partial charge in [0.05, 0.1) is 10.7 Å². The van der Waals surface area contributed by atoms with E-state index < -0.39 is 11.5 Å². The van der Waals surface area contributed by atoms with E-state index >= 15 is 0 Å². The van der Waals surface area contributed by atoms with Gasteiger partial charge in [0.15, 0.2) is 0 Å². The van der Waals surface area contributed by atoms with E-state index in [1.54, 1.807) is 12.1 Å². The minimum Gasteiger partial charge on any atom is -0.328 e. The molecular formula is C14H13ClN2O2. The van der Waals surface area contributed by atoms with Gasteiger partial charge in [-0.25, -0.2) is 0 Å². The second kappa shape index (κ2) is 5.28. The molecule has 0 aliphatic carbocycles. The number of carbonyl (C=O) groups excluding carboxylic acids is 1. The van der Waals surface area contributed by atoms with E-state index in [9.17, 15) is 9.59 Å². The van der Waals surface area contributed by atoms with Gasteiger partial charge in [-0.15, -0.1) is 0 Å². The summed E-state index contributed by atoms with van der Waals surface area (Å²) in [6.07, 6.45) is 1.48. The zero-order valence-corrected chi connectivity index (χ0v) is 11.3. The van der Waals surface area contributed by atoms with E-state index in [2.05, 4.69) is 10.3 Å². The van der Waals surface area contributed by atoms with Crippen LogP contribution in [0.25, 0.3) is 0 Å². The predicted octanol–water partition coefficient (Wildman–Crippen LogP) is 2.90. The van der Waals surface area contributed by atoms with Gasteiger partial charge in [0.1, 0.15) is 5.56 Å². The molecule has 5 heteroatoms. The molecule has 2 rings (SSSR count). The molecule has 0 bridgehead atoms. The van der Waals surface area contributed by atoms with Gasteiger partial charge in [-0.1, -0.05) is 17.7 Å². The Morgan fingerprint density at radius 2 is 2.05 bits per heavy atom. The van der Waals surface area contributed by atoms with Gasteiger partial charge in [0.2, 0.25) is 0 Å². The van der Waals surface area contributed by atoms with Crippen LogP contribution in [0.3, 0.4) is 0 Å².